The second kappa shape index (κ2) is 7.92. The van der Waals surface area contributed by atoms with E-state index in [0.717, 1.165) is 51.3 Å². The molecule has 3 rings (SSSR count). The van der Waals surface area contributed by atoms with E-state index < -0.39 is 0 Å². The smallest absolute Gasteiger partial charge is 0.269 e. The lowest BCUT2D eigenvalue weighted by molar-refractivity contribution is 0.0147. The molecular formula is C20H32N4O2. The summed E-state index contributed by atoms with van der Waals surface area (Å²) in [6.07, 6.45) is 4.47. The second-order valence-corrected chi connectivity index (χ2v) is 8.06. The van der Waals surface area contributed by atoms with Crippen LogP contribution < -0.4 is 10.2 Å². The van der Waals surface area contributed by atoms with Gasteiger partial charge in [-0.25, -0.2) is 4.98 Å². The van der Waals surface area contributed by atoms with Gasteiger partial charge in [0.05, 0.1) is 24.6 Å². The molecule has 1 aromatic rings. The summed E-state index contributed by atoms with van der Waals surface area (Å²) >= 11 is 0. The van der Waals surface area contributed by atoms with Gasteiger partial charge in [-0.15, -0.1) is 0 Å². The number of piperazine rings is 1. The summed E-state index contributed by atoms with van der Waals surface area (Å²) < 4.78 is 6.13. The normalized spacial score (nSPS) is 24.7. The van der Waals surface area contributed by atoms with Crippen LogP contribution in [0.2, 0.25) is 0 Å². The van der Waals surface area contributed by atoms with Gasteiger partial charge in [0, 0.05) is 39.3 Å². The monoisotopic (exact) mass is 360 g/mol. The van der Waals surface area contributed by atoms with Gasteiger partial charge in [-0.2, -0.15) is 0 Å². The average Bonchev–Trinajstić information content (AvgIpc) is 3.19. The maximum absolute atomic E-state index is 11.6. The number of carbonyl (C=O) groups is 1. The van der Waals surface area contributed by atoms with E-state index in [4.69, 9.17) is 4.74 Å². The zero-order chi connectivity index (χ0) is 18.7. The summed E-state index contributed by atoms with van der Waals surface area (Å²) in [4.78, 5) is 20.8. The number of ether oxygens (including phenoxy) is 1. The highest BCUT2D eigenvalue weighted by molar-refractivity contribution is 5.92. The van der Waals surface area contributed by atoms with Crippen molar-refractivity contribution in [3.8, 4) is 0 Å². The third kappa shape index (κ3) is 4.01. The van der Waals surface area contributed by atoms with E-state index in [9.17, 15) is 4.79 Å². The van der Waals surface area contributed by atoms with Crippen molar-refractivity contribution in [1.82, 2.24) is 15.2 Å². The van der Waals surface area contributed by atoms with Crippen LogP contribution in [0.25, 0.3) is 0 Å². The maximum Gasteiger partial charge on any atom is 0.269 e. The van der Waals surface area contributed by atoms with Gasteiger partial charge in [0.2, 0.25) is 0 Å². The van der Waals surface area contributed by atoms with Gasteiger partial charge in [0.1, 0.15) is 5.69 Å². The predicted molar refractivity (Wildman–Crippen MR) is 104 cm³/mol. The number of nitrogens with zero attached hydrogens (tertiary/aromatic N) is 3. The molecular weight excluding hydrogens is 328 g/mol. The minimum absolute atomic E-state index is 0.146. The van der Waals surface area contributed by atoms with Crippen molar-refractivity contribution in [2.75, 3.05) is 44.7 Å². The Morgan fingerprint density at radius 3 is 2.62 bits per heavy atom. The minimum Gasteiger partial charge on any atom is -0.376 e. The second-order valence-electron chi connectivity index (χ2n) is 8.06. The van der Waals surface area contributed by atoms with E-state index in [1.54, 1.807) is 19.3 Å². The summed E-state index contributed by atoms with van der Waals surface area (Å²) in [5.41, 5.74) is 1.81. The van der Waals surface area contributed by atoms with Gasteiger partial charge in [0.25, 0.3) is 5.91 Å². The van der Waals surface area contributed by atoms with Crippen molar-refractivity contribution in [1.29, 1.82) is 0 Å². The first-order valence-corrected chi connectivity index (χ1v) is 9.73. The van der Waals surface area contributed by atoms with E-state index in [0.29, 0.717) is 17.8 Å². The molecule has 0 bridgehead atoms. The molecule has 0 saturated carbocycles. The van der Waals surface area contributed by atoms with Crippen molar-refractivity contribution in [2.24, 2.45) is 5.41 Å². The third-order valence-electron chi connectivity index (χ3n) is 6.16. The van der Waals surface area contributed by atoms with Crippen molar-refractivity contribution in [3.63, 3.8) is 0 Å². The van der Waals surface area contributed by atoms with Gasteiger partial charge >= 0.3 is 0 Å². The molecule has 6 heteroatoms. The fourth-order valence-corrected chi connectivity index (χ4v) is 3.82. The van der Waals surface area contributed by atoms with Crippen LogP contribution in [-0.4, -0.2) is 67.8 Å². The molecule has 2 saturated heterocycles. The number of pyridine rings is 1. The number of hydrogen-bond acceptors (Lipinski definition) is 5. The van der Waals surface area contributed by atoms with Gasteiger partial charge in [-0.1, -0.05) is 20.8 Å². The summed E-state index contributed by atoms with van der Waals surface area (Å²) in [5, 5.41) is 2.60. The SMILES string of the molecule is CCC(C)(C)C1C[C@H](N2CCN(c3ccc(C(=O)NC)nc3)CC2)CO1. The average molecular weight is 361 g/mol. The Labute approximate surface area is 156 Å². The highest BCUT2D eigenvalue weighted by Crippen LogP contribution is 2.35. The molecule has 6 nitrogen and oxygen atoms in total. The topological polar surface area (TPSA) is 57.7 Å². The summed E-state index contributed by atoms with van der Waals surface area (Å²) in [5.74, 6) is -0.146. The van der Waals surface area contributed by atoms with Crippen LogP contribution in [0.4, 0.5) is 5.69 Å². The van der Waals surface area contributed by atoms with Gasteiger partial charge in [0.15, 0.2) is 0 Å². The molecule has 1 amide bonds. The zero-order valence-corrected chi connectivity index (χ0v) is 16.5. The van der Waals surface area contributed by atoms with Crippen molar-refractivity contribution in [3.05, 3.63) is 24.0 Å². The third-order valence-corrected chi connectivity index (χ3v) is 6.16. The van der Waals surface area contributed by atoms with E-state index in [-0.39, 0.29) is 11.3 Å². The maximum atomic E-state index is 11.6. The fraction of sp³-hybridized carbons (Fsp3) is 0.700. The molecule has 0 spiro atoms. The molecule has 2 atom stereocenters. The number of carbonyl (C=O) groups excluding carboxylic acids is 1. The lowest BCUT2D eigenvalue weighted by Crippen LogP contribution is -2.50. The molecule has 2 fully saturated rings. The number of anilines is 1. The van der Waals surface area contributed by atoms with Crippen LogP contribution >= 0.6 is 0 Å². The largest absolute Gasteiger partial charge is 0.376 e. The molecule has 0 aliphatic carbocycles. The highest BCUT2D eigenvalue weighted by atomic mass is 16.5. The minimum atomic E-state index is -0.146. The molecule has 1 unspecified atom stereocenters. The molecule has 1 aromatic heterocycles. The zero-order valence-electron chi connectivity index (χ0n) is 16.5. The van der Waals surface area contributed by atoms with Crippen LogP contribution in [0.3, 0.4) is 0 Å². The van der Waals surface area contributed by atoms with Crippen molar-refractivity contribution < 1.29 is 9.53 Å². The number of amides is 1. The lowest BCUT2D eigenvalue weighted by atomic mass is 9.82. The van der Waals surface area contributed by atoms with E-state index in [1.165, 1.54) is 0 Å². The number of rotatable bonds is 5. The van der Waals surface area contributed by atoms with Crippen molar-refractivity contribution >= 4 is 11.6 Å². The number of aromatic nitrogens is 1. The molecule has 2 aliphatic heterocycles. The fourth-order valence-electron chi connectivity index (χ4n) is 3.82. The Morgan fingerprint density at radius 2 is 2.04 bits per heavy atom. The van der Waals surface area contributed by atoms with E-state index >= 15 is 0 Å². The first-order chi connectivity index (χ1) is 12.4. The Hall–Kier alpha value is -1.66. The molecule has 0 aromatic carbocycles. The van der Waals surface area contributed by atoms with E-state index in [2.05, 4.69) is 40.9 Å². The molecule has 0 radical (unpaired) electrons. The Kier molecular flexibility index (Phi) is 5.82. The van der Waals surface area contributed by atoms with Crippen LogP contribution in [0, 0.1) is 5.41 Å². The Morgan fingerprint density at radius 1 is 1.31 bits per heavy atom. The van der Waals surface area contributed by atoms with E-state index in [1.807, 2.05) is 6.07 Å². The van der Waals surface area contributed by atoms with Gasteiger partial charge in [-0.3, -0.25) is 9.69 Å². The molecule has 26 heavy (non-hydrogen) atoms. The standard InChI is InChI=1S/C20H32N4O2/c1-5-20(2,3)18-12-16(14-26-18)24-10-8-23(9-11-24)15-6-7-17(22-13-15)19(25)21-4/h6-7,13,16,18H,5,8-12,14H2,1-4H3,(H,21,25)/t16-,18?/m0/s1. The Bertz CT molecular complexity index is 609. The van der Waals surface area contributed by atoms with Gasteiger partial charge in [-0.05, 0) is 30.4 Å². The first-order valence-electron chi connectivity index (χ1n) is 9.73. The predicted octanol–water partition coefficient (Wildman–Crippen LogP) is 2.16. The summed E-state index contributed by atoms with van der Waals surface area (Å²) in [6.45, 7) is 11.8. The van der Waals surface area contributed by atoms with Crippen LogP contribution in [0.15, 0.2) is 18.3 Å². The molecule has 1 N–H and O–H groups in total. The first kappa shape index (κ1) is 19.1. The quantitative estimate of drug-likeness (QED) is 0.872. The van der Waals surface area contributed by atoms with Gasteiger partial charge < -0.3 is 15.0 Å². The Balaban J connectivity index is 1.52. The van der Waals surface area contributed by atoms with Crippen LogP contribution in [-0.2, 0) is 4.74 Å². The van der Waals surface area contributed by atoms with Crippen molar-refractivity contribution in [2.45, 2.75) is 45.8 Å². The summed E-state index contributed by atoms with van der Waals surface area (Å²) in [7, 11) is 1.62. The lowest BCUT2D eigenvalue weighted by Gasteiger charge is -2.39. The number of nitrogens with one attached hydrogen (secondary N) is 1. The number of hydrogen-bond donors (Lipinski definition) is 1. The molecule has 2 aliphatic rings. The summed E-state index contributed by atoms with van der Waals surface area (Å²) in [6, 6.07) is 4.33. The molecule has 3 heterocycles. The van der Waals surface area contributed by atoms with Crippen LogP contribution in [0.5, 0.6) is 0 Å². The van der Waals surface area contributed by atoms with Crippen LogP contribution in [0.1, 0.15) is 44.1 Å². The molecule has 144 valence electrons. The highest BCUT2D eigenvalue weighted by Gasteiger charge is 2.38.